The largest absolute Gasteiger partial charge is 0.508 e. The standard InChI is InChI=1S/C40H50N12O11/c41-27(15-23-17-44-19-46-23)35(57)48-28(9-11-33(42)55)36(58)50-30(13-21-1-5-25(53)6-2-21)38(60)49-29(10-12-34(43)56)37(59)51-31(14-22-3-7-26(54)8-4-22)39(61)52-32(40(62)63)16-24-18-45-20-47-24/h1-8,17-20,27-32,53-54H,9-16,41H2,(H2,42,55)(H2,43,56)(H,44,46)(H,45,47)(H,48,57)(H,49,60)(H,50,58)(H,51,59)(H,52,61)(H,62,63)/t27-,28-,29-,30-,31-,32-/m0/s1. The number of carbonyl (C=O) groups is 8. The van der Waals surface area contributed by atoms with Gasteiger partial charge in [0.25, 0.3) is 0 Å². The van der Waals surface area contributed by atoms with E-state index in [2.05, 4.69) is 46.5 Å². The van der Waals surface area contributed by atoms with E-state index in [-0.39, 0.29) is 50.0 Å². The molecule has 4 rings (SSSR count). The Bertz CT molecular complexity index is 2180. The fourth-order valence-electron chi connectivity index (χ4n) is 6.18. The van der Waals surface area contributed by atoms with Gasteiger partial charge in [0, 0.05) is 62.3 Å². The molecule has 0 fully saturated rings. The highest BCUT2D eigenvalue weighted by atomic mass is 16.4. The van der Waals surface area contributed by atoms with Gasteiger partial charge in [0.2, 0.25) is 41.4 Å². The third-order valence-electron chi connectivity index (χ3n) is 9.57. The number of nitrogens with zero attached hydrogens (tertiary/aromatic N) is 2. The SMILES string of the molecule is NC(=O)CC[C@H](NC(=O)[C@H](Cc1ccc(O)cc1)NC(=O)[C@H](CCC(N)=O)NC(=O)[C@@H](N)Cc1cnc[nH]1)C(=O)N[C@@H](Cc1ccc(O)cc1)C(=O)N[C@@H](Cc1cnc[nH]1)C(=O)O. The maximum atomic E-state index is 14.2. The van der Waals surface area contributed by atoms with Gasteiger partial charge in [-0.2, -0.15) is 0 Å². The molecule has 0 unspecified atom stereocenters. The van der Waals surface area contributed by atoms with Crippen LogP contribution in [0.3, 0.4) is 0 Å². The van der Waals surface area contributed by atoms with Crippen molar-refractivity contribution < 1.29 is 53.7 Å². The van der Waals surface area contributed by atoms with E-state index < -0.39 is 96.4 Å². The summed E-state index contributed by atoms with van der Waals surface area (Å²) in [6.07, 6.45) is 3.39. The molecule has 2 aromatic heterocycles. The van der Waals surface area contributed by atoms with Crippen molar-refractivity contribution in [1.29, 1.82) is 0 Å². The number of nitrogens with two attached hydrogens (primary N) is 3. The van der Waals surface area contributed by atoms with Crippen LogP contribution in [-0.2, 0) is 64.0 Å². The van der Waals surface area contributed by atoms with E-state index in [0.717, 1.165) is 0 Å². The minimum absolute atomic E-state index is 0.0133. The van der Waals surface area contributed by atoms with Crippen LogP contribution in [0.5, 0.6) is 11.5 Å². The van der Waals surface area contributed by atoms with E-state index in [1.54, 1.807) is 0 Å². The molecule has 336 valence electrons. The van der Waals surface area contributed by atoms with Crippen LogP contribution in [0, 0.1) is 0 Å². The molecule has 0 saturated heterocycles. The van der Waals surface area contributed by atoms with Crippen LogP contribution >= 0.6 is 0 Å². The molecule has 7 amide bonds. The van der Waals surface area contributed by atoms with Gasteiger partial charge in [-0.05, 0) is 48.2 Å². The molecule has 0 aliphatic rings. The Morgan fingerprint density at radius 2 is 0.889 bits per heavy atom. The maximum Gasteiger partial charge on any atom is 0.326 e. The van der Waals surface area contributed by atoms with Crippen molar-refractivity contribution in [3.8, 4) is 11.5 Å². The predicted molar refractivity (Wildman–Crippen MR) is 220 cm³/mol. The van der Waals surface area contributed by atoms with E-state index in [9.17, 15) is 53.7 Å². The van der Waals surface area contributed by atoms with Gasteiger partial charge in [0.05, 0.1) is 18.7 Å². The highest BCUT2D eigenvalue weighted by Crippen LogP contribution is 2.15. The number of phenols is 2. The Labute approximate surface area is 359 Å². The second-order valence-corrected chi connectivity index (χ2v) is 14.6. The van der Waals surface area contributed by atoms with Gasteiger partial charge < -0.3 is 69.1 Å². The van der Waals surface area contributed by atoms with E-state index in [1.807, 2.05) is 0 Å². The molecule has 23 heteroatoms. The summed E-state index contributed by atoms with van der Waals surface area (Å²) in [6.45, 7) is 0. The number of carbonyl (C=O) groups excluding carboxylic acids is 7. The number of hydrogen-bond donors (Lipinski definition) is 13. The third-order valence-corrected chi connectivity index (χ3v) is 9.57. The normalized spacial score (nSPS) is 13.8. The summed E-state index contributed by atoms with van der Waals surface area (Å²) < 4.78 is 0. The second-order valence-electron chi connectivity index (χ2n) is 14.6. The molecule has 63 heavy (non-hydrogen) atoms. The topological polar surface area (TPSA) is 393 Å². The summed E-state index contributed by atoms with van der Waals surface area (Å²) in [5, 5.41) is 42.0. The molecule has 2 heterocycles. The van der Waals surface area contributed by atoms with Crippen LogP contribution in [0.1, 0.15) is 48.2 Å². The van der Waals surface area contributed by atoms with Crippen LogP contribution in [0.25, 0.3) is 0 Å². The quantitative estimate of drug-likeness (QED) is 0.0320. The first-order chi connectivity index (χ1) is 30.0. The zero-order valence-electron chi connectivity index (χ0n) is 33.8. The third kappa shape index (κ3) is 15.9. The minimum Gasteiger partial charge on any atom is -0.508 e. The molecule has 2 aromatic carbocycles. The lowest BCUT2D eigenvalue weighted by molar-refractivity contribution is -0.142. The van der Waals surface area contributed by atoms with Crippen molar-refractivity contribution >= 4 is 47.3 Å². The Hall–Kier alpha value is -7.82. The Kier molecular flexibility index (Phi) is 17.7. The number of aromatic nitrogens is 4. The van der Waals surface area contributed by atoms with E-state index in [0.29, 0.717) is 22.5 Å². The summed E-state index contributed by atoms with van der Waals surface area (Å²) in [7, 11) is 0. The van der Waals surface area contributed by atoms with Crippen molar-refractivity contribution in [3.05, 3.63) is 96.1 Å². The molecule has 0 aliphatic heterocycles. The van der Waals surface area contributed by atoms with Gasteiger partial charge in [0.15, 0.2) is 0 Å². The predicted octanol–water partition coefficient (Wildman–Crippen LogP) is -2.82. The molecule has 6 atom stereocenters. The number of aromatic amines is 2. The Balaban J connectivity index is 1.60. The molecule has 4 aromatic rings. The van der Waals surface area contributed by atoms with Crippen LogP contribution < -0.4 is 43.8 Å². The number of primary amides is 2. The lowest BCUT2D eigenvalue weighted by Gasteiger charge is -2.27. The number of amides is 7. The Morgan fingerprint density at radius 3 is 1.27 bits per heavy atom. The fourth-order valence-corrected chi connectivity index (χ4v) is 6.18. The first-order valence-corrected chi connectivity index (χ1v) is 19.5. The summed E-state index contributed by atoms with van der Waals surface area (Å²) in [6, 6.07) is 2.51. The number of carboxylic acid groups (broad SMARTS) is 1. The van der Waals surface area contributed by atoms with Gasteiger partial charge in [0.1, 0.15) is 41.7 Å². The lowest BCUT2D eigenvalue weighted by Crippen LogP contribution is -2.60. The van der Waals surface area contributed by atoms with Crippen LogP contribution in [0.15, 0.2) is 73.6 Å². The number of nitrogens with one attached hydrogen (secondary N) is 7. The van der Waals surface area contributed by atoms with Gasteiger partial charge in [-0.3, -0.25) is 33.6 Å². The molecule has 0 radical (unpaired) electrons. The summed E-state index contributed by atoms with van der Waals surface area (Å²) in [5.41, 5.74) is 18.6. The number of aliphatic carboxylic acids is 1. The number of H-pyrrole nitrogens is 2. The second kappa shape index (κ2) is 23.3. The molecule has 0 bridgehead atoms. The molecule has 0 aliphatic carbocycles. The molecule has 0 spiro atoms. The highest BCUT2D eigenvalue weighted by molar-refractivity contribution is 5.97. The number of hydrogen-bond acceptors (Lipinski definition) is 13. The lowest BCUT2D eigenvalue weighted by atomic mass is 10.0. The van der Waals surface area contributed by atoms with Crippen LogP contribution in [0.4, 0.5) is 0 Å². The zero-order chi connectivity index (χ0) is 46.1. The molecule has 23 nitrogen and oxygen atoms in total. The van der Waals surface area contributed by atoms with Gasteiger partial charge in [-0.15, -0.1) is 0 Å². The summed E-state index contributed by atoms with van der Waals surface area (Å²) in [5.74, 6) is -7.87. The van der Waals surface area contributed by atoms with Crippen molar-refractivity contribution in [1.82, 2.24) is 46.5 Å². The molecule has 0 saturated carbocycles. The van der Waals surface area contributed by atoms with Gasteiger partial charge in [-0.25, -0.2) is 14.8 Å². The smallest absolute Gasteiger partial charge is 0.326 e. The molecular formula is C40H50N12O11. The number of rotatable bonds is 25. The zero-order valence-corrected chi connectivity index (χ0v) is 33.8. The first-order valence-electron chi connectivity index (χ1n) is 19.5. The van der Waals surface area contributed by atoms with Crippen molar-refractivity contribution in [2.75, 3.05) is 0 Å². The number of phenolic OH excluding ortho intramolecular Hbond substituents is 2. The number of benzene rings is 2. The van der Waals surface area contributed by atoms with Crippen molar-refractivity contribution in [2.45, 2.75) is 87.6 Å². The Morgan fingerprint density at radius 1 is 0.524 bits per heavy atom. The summed E-state index contributed by atoms with van der Waals surface area (Å²) in [4.78, 5) is 118. The molecular weight excluding hydrogens is 825 g/mol. The number of carboxylic acids is 1. The fraction of sp³-hybridized carbons (Fsp3) is 0.350. The monoisotopic (exact) mass is 874 g/mol. The van der Waals surface area contributed by atoms with Crippen molar-refractivity contribution in [2.24, 2.45) is 17.2 Å². The average molecular weight is 875 g/mol. The number of imidazole rings is 2. The van der Waals surface area contributed by atoms with Gasteiger partial charge >= 0.3 is 5.97 Å². The minimum atomic E-state index is -1.59. The highest BCUT2D eigenvalue weighted by Gasteiger charge is 2.34. The van der Waals surface area contributed by atoms with Crippen LogP contribution in [-0.4, -0.2) is 119 Å². The summed E-state index contributed by atoms with van der Waals surface area (Å²) >= 11 is 0. The van der Waals surface area contributed by atoms with E-state index in [1.165, 1.54) is 73.6 Å². The van der Waals surface area contributed by atoms with E-state index >= 15 is 0 Å². The molecule has 16 N–H and O–H groups in total. The first kappa shape index (κ1) is 47.9. The van der Waals surface area contributed by atoms with Crippen LogP contribution in [0.2, 0.25) is 0 Å². The average Bonchev–Trinajstić information content (AvgIpc) is 3.96. The van der Waals surface area contributed by atoms with Gasteiger partial charge in [-0.1, -0.05) is 24.3 Å². The maximum absolute atomic E-state index is 14.2. The number of aromatic hydroxyl groups is 2. The van der Waals surface area contributed by atoms with Crippen molar-refractivity contribution in [3.63, 3.8) is 0 Å². The van der Waals surface area contributed by atoms with E-state index in [4.69, 9.17) is 17.2 Å².